The number of carbonyl (C=O) groups is 1. The van der Waals surface area contributed by atoms with Crippen molar-refractivity contribution in [1.29, 1.82) is 0 Å². The fourth-order valence-corrected chi connectivity index (χ4v) is 4.41. The van der Waals surface area contributed by atoms with Gasteiger partial charge in [0.1, 0.15) is 0 Å². The molecule has 1 heterocycles. The van der Waals surface area contributed by atoms with Crippen LogP contribution in [0.1, 0.15) is 12.8 Å². The van der Waals surface area contributed by atoms with Gasteiger partial charge < -0.3 is 25.4 Å². The zero-order chi connectivity index (χ0) is 19.9. The largest absolute Gasteiger partial charge is 0.493 e. The zero-order valence-electron chi connectivity index (χ0n) is 16.1. The molecule has 1 aromatic rings. The van der Waals surface area contributed by atoms with Crippen LogP contribution in [0.3, 0.4) is 0 Å². The smallest absolute Gasteiger partial charge is 0.222 e. The summed E-state index contributed by atoms with van der Waals surface area (Å²) in [7, 11) is 1.75. The topological polar surface area (TPSA) is 118 Å². The number of sulfone groups is 1. The Balaban J connectivity index is 0.00000392. The van der Waals surface area contributed by atoms with Gasteiger partial charge in [0.15, 0.2) is 27.3 Å². The summed E-state index contributed by atoms with van der Waals surface area (Å²) >= 11 is 0. The highest BCUT2D eigenvalue weighted by atomic mass is 127. The van der Waals surface area contributed by atoms with Crippen LogP contribution < -0.4 is 25.4 Å². The Morgan fingerprint density at radius 1 is 1.25 bits per heavy atom. The third kappa shape index (κ3) is 7.34. The molecule has 3 N–H and O–H groups in total. The van der Waals surface area contributed by atoms with Crippen molar-refractivity contribution in [3.63, 3.8) is 0 Å². The van der Waals surface area contributed by atoms with Gasteiger partial charge in [-0.05, 0) is 18.6 Å². The third-order valence-electron chi connectivity index (χ3n) is 4.11. The molecule has 9 nitrogen and oxygen atoms in total. The first-order valence-electron chi connectivity index (χ1n) is 8.56. The van der Waals surface area contributed by atoms with Gasteiger partial charge in [-0.25, -0.2) is 8.42 Å². The Bertz CT molecular complexity index is 801. The molecule has 1 saturated heterocycles. The number of nitrogens with one attached hydrogen (secondary N) is 3. The van der Waals surface area contributed by atoms with Crippen molar-refractivity contribution in [3.8, 4) is 11.5 Å². The molecular formula is C17H27IN4O5S. The number of guanidine groups is 1. The van der Waals surface area contributed by atoms with Crippen LogP contribution in [0.2, 0.25) is 0 Å². The number of carbonyl (C=O) groups excluding carboxylic acids is 1. The van der Waals surface area contributed by atoms with Crippen molar-refractivity contribution >= 4 is 51.4 Å². The maximum Gasteiger partial charge on any atom is 0.222 e. The molecule has 2 rings (SSSR count). The second-order valence-corrected chi connectivity index (χ2v) is 8.34. The Labute approximate surface area is 182 Å². The standard InChI is InChI=1S/C17H26N4O5S.HI/c1-18-17(21-12-4-5-14(25-2)15(10-12)26-3)19-8-6-16(22)20-13-7-9-27(23,24)11-13;/h4-5,10,13H,6-9,11H2,1-3H3,(H,20,22)(H2,18,19,21);1H. The minimum Gasteiger partial charge on any atom is -0.493 e. The average molecular weight is 526 g/mol. The molecule has 28 heavy (non-hydrogen) atoms. The van der Waals surface area contributed by atoms with Gasteiger partial charge in [-0.1, -0.05) is 0 Å². The third-order valence-corrected chi connectivity index (χ3v) is 5.88. The maximum atomic E-state index is 12.0. The first-order valence-corrected chi connectivity index (χ1v) is 10.4. The number of aliphatic imine (C=N–C) groups is 1. The van der Waals surface area contributed by atoms with E-state index in [0.717, 1.165) is 5.69 Å². The molecule has 11 heteroatoms. The van der Waals surface area contributed by atoms with Crippen LogP contribution in [0.25, 0.3) is 0 Å². The molecule has 1 atom stereocenters. The van der Waals surface area contributed by atoms with E-state index in [-0.39, 0.29) is 53.9 Å². The van der Waals surface area contributed by atoms with Crippen LogP contribution in [-0.2, 0) is 14.6 Å². The molecule has 158 valence electrons. The number of rotatable bonds is 7. The molecule has 1 aromatic carbocycles. The van der Waals surface area contributed by atoms with E-state index in [1.165, 1.54) is 0 Å². The number of methoxy groups -OCH3 is 2. The number of amides is 1. The van der Waals surface area contributed by atoms with Gasteiger partial charge in [-0.2, -0.15) is 0 Å². The molecule has 0 bridgehead atoms. The summed E-state index contributed by atoms with van der Waals surface area (Å²) in [5, 5.41) is 8.90. The number of halogens is 1. The van der Waals surface area contributed by atoms with E-state index in [4.69, 9.17) is 9.47 Å². The lowest BCUT2D eigenvalue weighted by Crippen LogP contribution is -2.38. The molecule has 0 aliphatic carbocycles. The fraction of sp³-hybridized carbons (Fsp3) is 0.529. The van der Waals surface area contributed by atoms with Crippen molar-refractivity contribution in [2.24, 2.45) is 4.99 Å². The average Bonchev–Trinajstić information content (AvgIpc) is 2.98. The van der Waals surface area contributed by atoms with Gasteiger partial charge in [-0.3, -0.25) is 9.79 Å². The van der Waals surface area contributed by atoms with E-state index in [1.807, 2.05) is 6.07 Å². The van der Waals surface area contributed by atoms with Crippen LogP contribution >= 0.6 is 24.0 Å². The Morgan fingerprint density at radius 3 is 2.54 bits per heavy atom. The molecule has 0 radical (unpaired) electrons. The summed E-state index contributed by atoms with van der Waals surface area (Å²) in [6, 6.07) is 5.09. The molecule has 0 spiro atoms. The number of hydrogen-bond donors (Lipinski definition) is 3. The van der Waals surface area contributed by atoms with Gasteiger partial charge in [0.25, 0.3) is 0 Å². The minimum atomic E-state index is -3.00. The van der Waals surface area contributed by atoms with Crippen LogP contribution in [0.4, 0.5) is 5.69 Å². The highest BCUT2D eigenvalue weighted by molar-refractivity contribution is 14.0. The minimum absolute atomic E-state index is 0. The van der Waals surface area contributed by atoms with Gasteiger partial charge in [0, 0.05) is 37.8 Å². The first-order chi connectivity index (χ1) is 12.9. The van der Waals surface area contributed by atoms with Crippen LogP contribution in [-0.4, -0.2) is 65.6 Å². The van der Waals surface area contributed by atoms with Gasteiger partial charge in [-0.15, -0.1) is 24.0 Å². The summed E-state index contributed by atoms with van der Waals surface area (Å²) in [5.74, 6) is 1.68. The van der Waals surface area contributed by atoms with E-state index < -0.39 is 9.84 Å². The number of ether oxygens (including phenoxy) is 2. The highest BCUT2D eigenvalue weighted by Crippen LogP contribution is 2.29. The number of nitrogens with zero attached hydrogens (tertiary/aromatic N) is 1. The molecule has 1 aliphatic rings. The quantitative estimate of drug-likeness (QED) is 0.276. The Morgan fingerprint density at radius 2 is 1.96 bits per heavy atom. The van der Waals surface area contributed by atoms with Crippen molar-refractivity contribution in [1.82, 2.24) is 10.6 Å². The summed E-state index contributed by atoms with van der Waals surface area (Å²) in [6.45, 7) is 0.359. The lowest BCUT2D eigenvalue weighted by atomic mass is 10.2. The lowest BCUT2D eigenvalue weighted by Gasteiger charge is -2.15. The monoisotopic (exact) mass is 526 g/mol. The Hall–Kier alpha value is -1.76. The van der Waals surface area contributed by atoms with E-state index in [2.05, 4.69) is 20.9 Å². The summed E-state index contributed by atoms with van der Waals surface area (Å²) in [6.07, 6.45) is 0.688. The molecule has 1 unspecified atom stereocenters. The Kier molecular flexibility index (Phi) is 9.79. The molecule has 1 fully saturated rings. The van der Waals surface area contributed by atoms with Crippen molar-refractivity contribution in [3.05, 3.63) is 18.2 Å². The predicted octanol–water partition coefficient (Wildman–Crippen LogP) is 1.00. The van der Waals surface area contributed by atoms with Gasteiger partial charge in [0.05, 0.1) is 25.7 Å². The zero-order valence-corrected chi connectivity index (χ0v) is 19.3. The molecular weight excluding hydrogens is 499 g/mol. The molecule has 1 aliphatic heterocycles. The molecule has 0 aromatic heterocycles. The second kappa shape index (κ2) is 11.3. The molecule has 0 saturated carbocycles. The number of benzene rings is 1. The summed E-state index contributed by atoms with van der Waals surface area (Å²) in [4.78, 5) is 16.1. The molecule has 1 amide bonds. The van der Waals surface area contributed by atoms with E-state index in [9.17, 15) is 13.2 Å². The van der Waals surface area contributed by atoms with E-state index >= 15 is 0 Å². The van der Waals surface area contributed by atoms with Crippen LogP contribution in [0, 0.1) is 0 Å². The van der Waals surface area contributed by atoms with Gasteiger partial charge in [0.2, 0.25) is 5.91 Å². The van der Waals surface area contributed by atoms with Crippen LogP contribution in [0.5, 0.6) is 11.5 Å². The normalized spacial score (nSPS) is 18.0. The van der Waals surface area contributed by atoms with E-state index in [0.29, 0.717) is 30.4 Å². The van der Waals surface area contributed by atoms with Crippen molar-refractivity contribution < 1.29 is 22.7 Å². The van der Waals surface area contributed by atoms with Gasteiger partial charge >= 0.3 is 0 Å². The number of anilines is 1. The maximum absolute atomic E-state index is 12.0. The van der Waals surface area contributed by atoms with Crippen molar-refractivity contribution in [2.75, 3.05) is 44.6 Å². The van der Waals surface area contributed by atoms with Crippen molar-refractivity contribution in [2.45, 2.75) is 18.9 Å². The SMILES string of the molecule is CN=C(NCCC(=O)NC1CCS(=O)(=O)C1)Nc1ccc(OC)c(OC)c1.I. The first kappa shape index (κ1) is 24.3. The second-order valence-electron chi connectivity index (χ2n) is 6.11. The summed E-state index contributed by atoms with van der Waals surface area (Å²) < 4.78 is 33.3. The fourth-order valence-electron chi connectivity index (χ4n) is 2.73. The van der Waals surface area contributed by atoms with E-state index in [1.54, 1.807) is 33.4 Å². The summed E-state index contributed by atoms with van der Waals surface area (Å²) in [5.41, 5.74) is 0.751. The lowest BCUT2D eigenvalue weighted by molar-refractivity contribution is -0.121. The van der Waals surface area contributed by atoms with Crippen LogP contribution in [0.15, 0.2) is 23.2 Å². The predicted molar refractivity (Wildman–Crippen MR) is 120 cm³/mol. The number of hydrogen-bond acceptors (Lipinski definition) is 6. The highest BCUT2D eigenvalue weighted by Gasteiger charge is 2.28.